The van der Waals surface area contributed by atoms with Crippen LogP contribution in [-0.2, 0) is 14.3 Å². The average Bonchev–Trinajstić information content (AvgIpc) is 2.45. The smallest absolute Gasteiger partial charge is 0.207 e. The average molecular weight is 275 g/mol. The summed E-state index contributed by atoms with van der Waals surface area (Å²) in [5.74, 6) is 0.594. The third kappa shape index (κ3) is 2.25. The lowest BCUT2D eigenvalue weighted by atomic mass is 9.74. The summed E-state index contributed by atoms with van der Waals surface area (Å²) in [7, 11) is 3.34. The summed E-state index contributed by atoms with van der Waals surface area (Å²) >= 11 is 0. The van der Waals surface area contributed by atoms with E-state index < -0.39 is 5.60 Å². The van der Waals surface area contributed by atoms with Gasteiger partial charge in [0.2, 0.25) is 11.4 Å². The molecule has 0 saturated carbocycles. The summed E-state index contributed by atoms with van der Waals surface area (Å²) in [5, 5.41) is 3.01. The van der Waals surface area contributed by atoms with Crippen LogP contribution < -0.4 is 5.32 Å². The molecule has 4 heteroatoms. The lowest BCUT2D eigenvalue weighted by Gasteiger charge is -2.42. The van der Waals surface area contributed by atoms with Crippen molar-refractivity contribution < 1.29 is 14.3 Å². The second-order valence-corrected chi connectivity index (χ2v) is 5.13. The Balaban J connectivity index is 2.49. The van der Waals surface area contributed by atoms with Crippen molar-refractivity contribution in [3.8, 4) is 0 Å². The summed E-state index contributed by atoms with van der Waals surface area (Å²) < 4.78 is 11.4. The third-order valence-corrected chi connectivity index (χ3v) is 3.38. The van der Waals surface area contributed by atoms with Gasteiger partial charge in [-0.2, -0.15) is 0 Å². The fourth-order valence-electron chi connectivity index (χ4n) is 2.47. The molecule has 0 spiro atoms. The van der Waals surface area contributed by atoms with Gasteiger partial charge in [-0.3, -0.25) is 4.79 Å². The second kappa shape index (κ2) is 5.77. The van der Waals surface area contributed by atoms with E-state index in [1.807, 2.05) is 44.2 Å². The Labute approximate surface area is 119 Å². The maximum atomic E-state index is 12.6. The zero-order chi connectivity index (χ0) is 14.8. The number of benzene rings is 1. The van der Waals surface area contributed by atoms with Gasteiger partial charge in [-0.15, -0.1) is 0 Å². The molecule has 0 aliphatic heterocycles. The molecule has 2 rings (SSSR count). The van der Waals surface area contributed by atoms with Crippen LogP contribution >= 0.6 is 0 Å². The van der Waals surface area contributed by atoms with Gasteiger partial charge < -0.3 is 14.8 Å². The fourth-order valence-corrected chi connectivity index (χ4v) is 2.47. The van der Waals surface area contributed by atoms with Gasteiger partial charge in [-0.25, -0.2) is 0 Å². The highest BCUT2D eigenvalue weighted by Gasteiger charge is 2.56. The molecule has 0 radical (unpaired) electrons. The van der Waals surface area contributed by atoms with Gasteiger partial charge in [0.05, 0.1) is 11.7 Å². The highest BCUT2D eigenvalue weighted by molar-refractivity contribution is 6.33. The molecule has 1 unspecified atom stereocenters. The summed E-state index contributed by atoms with van der Waals surface area (Å²) in [4.78, 5) is 12.6. The van der Waals surface area contributed by atoms with Crippen molar-refractivity contribution in [2.24, 2.45) is 0 Å². The van der Waals surface area contributed by atoms with E-state index in [2.05, 4.69) is 5.32 Å². The van der Waals surface area contributed by atoms with E-state index in [1.54, 1.807) is 14.2 Å². The first-order chi connectivity index (χ1) is 9.56. The molecule has 1 atom stereocenters. The first kappa shape index (κ1) is 14.8. The lowest BCUT2D eigenvalue weighted by molar-refractivity contribution is -0.141. The normalized spacial score (nSPS) is 22.1. The zero-order valence-corrected chi connectivity index (χ0v) is 12.4. The minimum Gasteiger partial charge on any atom is -0.491 e. The molecule has 0 saturated heterocycles. The van der Waals surface area contributed by atoms with Crippen LogP contribution in [0.3, 0.4) is 0 Å². The number of ether oxygens (including phenoxy) is 2. The molecule has 0 aromatic heterocycles. The molecule has 1 aromatic carbocycles. The molecule has 4 nitrogen and oxygen atoms in total. The Morgan fingerprint density at radius 1 is 1.25 bits per heavy atom. The van der Waals surface area contributed by atoms with E-state index in [1.165, 1.54) is 0 Å². The van der Waals surface area contributed by atoms with Gasteiger partial charge in [0.15, 0.2) is 0 Å². The van der Waals surface area contributed by atoms with Crippen molar-refractivity contribution in [1.82, 2.24) is 5.32 Å². The van der Waals surface area contributed by atoms with Crippen LogP contribution in [0.2, 0.25) is 0 Å². The van der Waals surface area contributed by atoms with Gasteiger partial charge in [0, 0.05) is 13.7 Å². The second-order valence-electron chi connectivity index (χ2n) is 5.13. The van der Waals surface area contributed by atoms with Crippen molar-refractivity contribution in [2.75, 3.05) is 20.7 Å². The van der Waals surface area contributed by atoms with E-state index in [9.17, 15) is 4.79 Å². The van der Waals surface area contributed by atoms with Crippen LogP contribution in [0.25, 0.3) is 5.57 Å². The molecule has 0 bridgehead atoms. The molecule has 0 fully saturated rings. The highest BCUT2D eigenvalue weighted by Crippen LogP contribution is 2.44. The van der Waals surface area contributed by atoms with Crippen LogP contribution in [0.1, 0.15) is 19.4 Å². The molecule has 108 valence electrons. The van der Waals surface area contributed by atoms with Gasteiger partial charge in [0.1, 0.15) is 5.76 Å². The van der Waals surface area contributed by atoms with Gasteiger partial charge in [0.25, 0.3) is 0 Å². The van der Waals surface area contributed by atoms with Crippen LogP contribution in [0.5, 0.6) is 0 Å². The minimum atomic E-state index is -0.996. The minimum absolute atomic E-state index is 0.0109. The number of nitrogens with one attached hydrogen (secondary N) is 1. The summed E-state index contributed by atoms with van der Waals surface area (Å²) in [6.45, 7) is 4.29. The van der Waals surface area contributed by atoms with E-state index in [0.29, 0.717) is 17.9 Å². The van der Waals surface area contributed by atoms with Crippen molar-refractivity contribution in [2.45, 2.75) is 25.6 Å². The SMILES string of the molecule is CNCC1(OC)C(=O)C(c2ccccc2)=C1OC(C)C. The van der Waals surface area contributed by atoms with Crippen molar-refractivity contribution >= 4 is 11.4 Å². The molecule has 1 aliphatic carbocycles. The van der Waals surface area contributed by atoms with Gasteiger partial charge in [-0.05, 0) is 26.5 Å². The van der Waals surface area contributed by atoms with E-state index in [0.717, 1.165) is 5.56 Å². The Bertz CT molecular complexity index is 522. The first-order valence-corrected chi connectivity index (χ1v) is 6.78. The van der Waals surface area contributed by atoms with Crippen LogP contribution in [0, 0.1) is 0 Å². The van der Waals surface area contributed by atoms with Crippen molar-refractivity contribution in [3.05, 3.63) is 41.7 Å². The fraction of sp³-hybridized carbons (Fsp3) is 0.438. The lowest BCUT2D eigenvalue weighted by Crippen LogP contribution is -2.58. The van der Waals surface area contributed by atoms with E-state index in [4.69, 9.17) is 9.47 Å². The molecule has 1 aromatic rings. The number of hydrogen-bond acceptors (Lipinski definition) is 4. The zero-order valence-electron chi connectivity index (χ0n) is 12.4. The number of rotatable bonds is 6. The Morgan fingerprint density at radius 3 is 2.40 bits per heavy atom. The molecular formula is C16H21NO3. The quantitative estimate of drug-likeness (QED) is 0.862. The Morgan fingerprint density at radius 2 is 1.90 bits per heavy atom. The largest absolute Gasteiger partial charge is 0.491 e. The highest BCUT2D eigenvalue weighted by atomic mass is 16.6. The van der Waals surface area contributed by atoms with Gasteiger partial charge >= 0.3 is 0 Å². The number of carbonyl (C=O) groups excluding carboxylic acids is 1. The summed E-state index contributed by atoms with van der Waals surface area (Å²) in [6.07, 6.45) is -0.0109. The maximum absolute atomic E-state index is 12.6. The molecule has 1 aliphatic rings. The topological polar surface area (TPSA) is 47.6 Å². The molecule has 0 heterocycles. The predicted octanol–water partition coefficient (Wildman–Crippen LogP) is 2.01. The molecule has 0 amide bonds. The number of hydrogen-bond donors (Lipinski definition) is 1. The van der Waals surface area contributed by atoms with Crippen molar-refractivity contribution in [1.29, 1.82) is 0 Å². The number of ketones is 1. The predicted molar refractivity (Wildman–Crippen MR) is 78.3 cm³/mol. The van der Waals surface area contributed by atoms with Crippen molar-refractivity contribution in [3.63, 3.8) is 0 Å². The van der Waals surface area contributed by atoms with Crippen LogP contribution in [0.4, 0.5) is 0 Å². The molecule has 1 N–H and O–H groups in total. The first-order valence-electron chi connectivity index (χ1n) is 6.78. The third-order valence-electron chi connectivity index (χ3n) is 3.38. The maximum Gasteiger partial charge on any atom is 0.207 e. The molecule has 20 heavy (non-hydrogen) atoms. The van der Waals surface area contributed by atoms with E-state index >= 15 is 0 Å². The Hall–Kier alpha value is -1.65. The summed E-state index contributed by atoms with van der Waals surface area (Å²) in [5.41, 5.74) is 0.498. The molecular weight excluding hydrogens is 254 g/mol. The number of carbonyl (C=O) groups is 1. The monoisotopic (exact) mass is 275 g/mol. The Kier molecular flexibility index (Phi) is 4.26. The number of Topliss-reactive ketones (excluding diaryl/α,β-unsaturated/α-hetero) is 1. The number of likely N-dealkylation sites (N-methyl/N-ethyl adjacent to an activating group) is 1. The van der Waals surface area contributed by atoms with Crippen LogP contribution in [-0.4, -0.2) is 38.2 Å². The van der Waals surface area contributed by atoms with Crippen LogP contribution in [0.15, 0.2) is 36.1 Å². The number of methoxy groups -OCH3 is 1. The van der Waals surface area contributed by atoms with E-state index in [-0.39, 0.29) is 11.9 Å². The van der Waals surface area contributed by atoms with Gasteiger partial charge in [-0.1, -0.05) is 30.3 Å². The summed E-state index contributed by atoms with van der Waals surface area (Å²) in [6, 6.07) is 9.57. The standard InChI is InChI=1S/C16H21NO3/c1-11(2)20-15-13(12-8-6-5-7-9-12)14(18)16(15,19-4)10-17-3/h5-9,11,17H,10H2,1-4H3.